The molecule has 2 aliphatic rings. The molecular weight excluding hydrogens is 295 g/mol. The number of alkyl halides is 3. The second-order valence-electron chi connectivity index (χ2n) is 6.47. The maximum atomic E-state index is 12.9. The first-order valence-corrected chi connectivity index (χ1v) is 7.67. The second kappa shape index (κ2) is 5.45. The van der Waals surface area contributed by atoms with Crippen molar-refractivity contribution in [1.29, 1.82) is 0 Å². The highest BCUT2D eigenvalue weighted by Gasteiger charge is 2.56. The monoisotopic (exact) mass is 315 g/mol. The van der Waals surface area contributed by atoms with E-state index < -0.39 is 17.5 Å². The first-order valence-electron chi connectivity index (χ1n) is 7.67. The van der Waals surface area contributed by atoms with E-state index in [0.717, 1.165) is 44.7 Å². The van der Waals surface area contributed by atoms with E-state index in [-0.39, 0.29) is 17.7 Å². The van der Waals surface area contributed by atoms with Crippen molar-refractivity contribution in [2.75, 3.05) is 6.54 Å². The Bertz CT molecular complexity index is 539. The van der Waals surface area contributed by atoms with Crippen LogP contribution in [0, 0.1) is 5.41 Å². The van der Waals surface area contributed by atoms with E-state index in [0.29, 0.717) is 6.54 Å². The molecule has 22 heavy (non-hydrogen) atoms. The van der Waals surface area contributed by atoms with Crippen LogP contribution in [-0.4, -0.2) is 27.2 Å². The third kappa shape index (κ3) is 2.60. The van der Waals surface area contributed by atoms with Crippen LogP contribution in [0.1, 0.15) is 49.9 Å². The van der Waals surface area contributed by atoms with Gasteiger partial charge in [-0.3, -0.25) is 4.98 Å². The van der Waals surface area contributed by atoms with Gasteiger partial charge in [-0.1, -0.05) is 6.42 Å². The second-order valence-corrected chi connectivity index (χ2v) is 6.47. The van der Waals surface area contributed by atoms with Crippen molar-refractivity contribution in [3.8, 4) is 0 Å². The van der Waals surface area contributed by atoms with E-state index in [4.69, 9.17) is 0 Å². The summed E-state index contributed by atoms with van der Waals surface area (Å²) in [6.45, 7) is 0.540. The minimum Gasteiger partial charge on any atom is -0.389 e. The first-order chi connectivity index (χ1) is 10.4. The maximum absolute atomic E-state index is 12.9. The van der Waals surface area contributed by atoms with Gasteiger partial charge in [0.05, 0.1) is 11.3 Å². The number of nitrogens with zero attached hydrogens (tertiary/aromatic N) is 2. The maximum Gasteiger partial charge on any atom is 0.435 e. The molecule has 0 radical (unpaired) electrons. The van der Waals surface area contributed by atoms with Crippen LogP contribution in [0.3, 0.4) is 0 Å². The average Bonchev–Trinajstić information content (AvgIpc) is 2.38. The van der Waals surface area contributed by atoms with Crippen molar-refractivity contribution in [3.05, 3.63) is 23.8 Å². The van der Waals surface area contributed by atoms with Crippen LogP contribution in [0.4, 0.5) is 13.2 Å². The van der Waals surface area contributed by atoms with Gasteiger partial charge in [-0.2, -0.15) is 13.2 Å². The third-order valence-corrected chi connectivity index (χ3v) is 5.28. The lowest BCUT2D eigenvalue weighted by atomic mass is 9.52. The molecule has 0 unspecified atom stereocenters. The van der Waals surface area contributed by atoms with Crippen LogP contribution in [0.5, 0.6) is 0 Å². The molecule has 0 aliphatic heterocycles. The molecule has 3 rings (SSSR count). The fourth-order valence-electron chi connectivity index (χ4n) is 3.61. The van der Waals surface area contributed by atoms with Gasteiger partial charge in [-0.05, 0) is 32.1 Å². The highest BCUT2D eigenvalue weighted by Crippen LogP contribution is 2.56. The molecule has 0 atom stereocenters. The molecule has 0 bridgehead atoms. The summed E-state index contributed by atoms with van der Waals surface area (Å²) in [5.74, 6) is 0. The molecule has 0 spiro atoms. The Hall–Kier alpha value is -1.21. The van der Waals surface area contributed by atoms with Crippen molar-refractivity contribution in [3.63, 3.8) is 0 Å². The highest BCUT2D eigenvalue weighted by molar-refractivity contribution is 5.14. The van der Waals surface area contributed by atoms with Crippen LogP contribution in [-0.2, 0) is 12.7 Å². The van der Waals surface area contributed by atoms with Gasteiger partial charge in [0.15, 0.2) is 5.69 Å². The summed E-state index contributed by atoms with van der Waals surface area (Å²) in [7, 11) is 0. The Morgan fingerprint density at radius 3 is 2.23 bits per heavy atom. The first kappa shape index (κ1) is 15.7. The Morgan fingerprint density at radius 1 is 1.09 bits per heavy atom. The van der Waals surface area contributed by atoms with E-state index in [1.54, 1.807) is 0 Å². The summed E-state index contributed by atoms with van der Waals surface area (Å²) in [6, 6.07) is 0. The Labute approximate surface area is 127 Å². The fourth-order valence-corrected chi connectivity index (χ4v) is 3.61. The number of rotatable bonds is 5. The highest BCUT2D eigenvalue weighted by atomic mass is 19.4. The summed E-state index contributed by atoms with van der Waals surface area (Å²) in [5.41, 5.74) is -1.84. The Kier molecular flexibility index (Phi) is 3.89. The molecule has 1 heterocycles. The topological polar surface area (TPSA) is 58.0 Å². The van der Waals surface area contributed by atoms with Crippen molar-refractivity contribution >= 4 is 0 Å². The summed E-state index contributed by atoms with van der Waals surface area (Å²) in [4.78, 5) is 7.20. The summed E-state index contributed by atoms with van der Waals surface area (Å²) >= 11 is 0. The molecular formula is C15H20F3N3O. The third-order valence-electron chi connectivity index (χ3n) is 5.28. The van der Waals surface area contributed by atoms with Gasteiger partial charge >= 0.3 is 6.18 Å². The largest absolute Gasteiger partial charge is 0.435 e. The number of aromatic nitrogens is 2. The smallest absolute Gasteiger partial charge is 0.389 e. The molecule has 0 saturated heterocycles. The minimum absolute atomic E-state index is 0.0144. The SMILES string of the molecule is OC1(C2(CNCc3nccnc3C(F)(F)F)CCC2)CCC1. The van der Waals surface area contributed by atoms with Gasteiger partial charge in [-0.25, -0.2) is 4.98 Å². The predicted molar refractivity (Wildman–Crippen MR) is 73.8 cm³/mol. The zero-order valence-electron chi connectivity index (χ0n) is 12.3. The van der Waals surface area contributed by atoms with Gasteiger partial charge in [-0.15, -0.1) is 0 Å². The molecule has 1 aromatic heterocycles. The molecule has 2 saturated carbocycles. The molecule has 0 amide bonds. The van der Waals surface area contributed by atoms with E-state index in [1.807, 2.05) is 0 Å². The molecule has 2 aliphatic carbocycles. The molecule has 7 heteroatoms. The molecule has 4 nitrogen and oxygen atoms in total. The van der Waals surface area contributed by atoms with Crippen LogP contribution in [0.15, 0.2) is 12.4 Å². The number of halogens is 3. The lowest BCUT2D eigenvalue weighted by Crippen LogP contribution is -2.60. The average molecular weight is 315 g/mol. The van der Waals surface area contributed by atoms with Gasteiger partial charge < -0.3 is 10.4 Å². The summed E-state index contributed by atoms with van der Waals surface area (Å²) in [5, 5.41) is 13.7. The number of hydrogen-bond acceptors (Lipinski definition) is 4. The lowest BCUT2D eigenvalue weighted by molar-refractivity contribution is -0.173. The van der Waals surface area contributed by atoms with Gasteiger partial charge in [0.25, 0.3) is 0 Å². The van der Waals surface area contributed by atoms with Gasteiger partial charge in [0.1, 0.15) is 0 Å². The summed E-state index contributed by atoms with van der Waals surface area (Å²) < 4.78 is 38.6. The predicted octanol–water partition coefficient (Wildman–Crippen LogP) is 2.67. The molecule has 122 valence electrons. The van der Waals surface area contributed by atoms with Crippen molar-refractivity contribution in [2.45, 2.75) is 56.8 Å². The summed E-state index contributed by atoms with van der Waals surface area (Å²) in [6.07, 6.45) is 3.39. The van der Waals surface area contributed by atoms with E-state index >= 15 is 0 Å². The van der Waals surface area contributed by atoms with Crippen LogP contribution in [0.25, 0.3) is 0 Å². The van der Waals surface area contributed by atoms with Gasteiger partial charge in [0, 0.05) is 30.9 Å². The normalized spacial score (nSPS) is 22.7. The van der Waals surface area contributed by atoms with Crippen molar-refractivity contribution in [2.24, 2.45) is 5.41 Å². The van der Waals surface area contributed by atoms with Crippen LogP contribution >= 0.6 is 0 Å². The van der Waals surface area contributed by atoms with Crippen molar-refractivity contribution in [1.82, 2.24) is 15.3 Å². The van der Waals surface area contributed by atoms with E-state index in [1.165, 1.54) is 6.20 Å². The molecule has 1 aromatic rings. The standard InChI is InChI=1S/C15H20F3N3O/c16-15(17,18)12-11(20-7-8-21-12)9-19-10-13(3-1-4-13)14(22)5-2-6-14/h7-8,19,22H,1-6,9-10H2. The minimum atomic E-state index is -4.49. The number of aliphatic hydroxyl groups is 1. The zero-order chi connectivity index (χ0) is 15.8. The quantitative estimate of drug-likeness (QED) is 0.877. The molecule has 2 fully saturated rings. The van der Waals surface area contributed by atoms with E-state index in [9.17, 15) is 18.3 Å². The zero-order valence-corrected chi connectivity index (χ0v) is 12.3. The van der Waals surface area contributed by atoms with Gasteiger partial charge in [0.2, 0.25) is 0 Å². The van der Waals surface area contributed by atoms with E-state index in [2.05, 4.69) is 15.3 Å². The fraction of sp³-hybridized carbons (Fsp3) is 0.733. The molecule has 0 aromatic carbocycles. The van der Waals surface area contributed by atoms with Crippen LogP contribution < -0.4 is 5.32 Å². The molecule has 2 N–H and O–H groups in total. The number of nitrogens with one attached hydrogen (secondary N) is 1. The van der Waals surface area contributed by atoms with Crippen LogP contribution in [0.2, 0.25) is 0 Å². The van der Waals surface area contributed by atoms with Crippen molar-refractivity contribution < 1.29 is 18.3 Å². The Morgan fingerprint density at radius 2 is 1.73 bits per heavy atom. The number of hydrogen-bond donors (Lipinski definition) is 2. The lowest BCUT2D eigenvalue weighted by Gasteiger charge is -2.58. The Balaban J connectivity index is 1.64.